The van der Waals surface area contributed by atoms with Gasteiger partial charge in [-0.2, -0.15) is 0 Å². The zero-order chi connectivity index (χ0) is 85.0. The maximum atomic E-state index is 15.5. The molecule has 9 aliphatic carbocycles. The minimum Gasteiger partial charge on any atom is -0.361 e. The van der Waals surface area contributed by atoms with Gasteiger partial charge in [0.15, 0.2) is 29.0 Å². The third kappa shape index (κ3) is 14.5. The van der Waals surface area contributed by atoms with Crippen molar-refractivity contribution in [2.24, 2.45) is 29.1 Å². The SMILES string of the molecule is CC[C@@]1(C)C(=O)/C(=C\N(C)c2ccccc2)C[C@@]2(C)c3nc(-c4ccnc(C5CC5)c4)nc(-c4ccccc4F)c3CC[C@H]12.CC[C@@]1(C)c2oncc2C[C@@]2(C)c3nc(-c4ccnc(C5CC5)c4)nc(-c4ccccc4F)c3CC[C@@H]21.C[C@H]1C(=O)/C(=C\N(C)c2ccccc2)C[C@@]2(C)c3nc(-c4ccnc(C5CC5)c4)nc(-c4ccccc4F)c3CC[C@H]12. The standard InChI is InChI=1S/C38H39FN4O.C36H35FN4O.C31H31FN4O/c1-5-37(2)32-18-17-29-33(28-13-9-10-14-30(28)39)41-36(25-19-20-40-31(21-25)24-15-16-24)42-34(29)38(32,3)22-26(35(37)44)23-43(4)27-11-7-6-8-12-27;1-22-29-16-15-28-32(27-11-7-8-12-30(27)37)39-35(24-17-18-38-31(19-24)23-13-14-23)40-34(28)36(29,2)20-25(33(22)42)21-41(3)26-9-5-4-6-10-26;1-4-30(2)25-12-11-22-26(21-7-5-6-8-23(21)32)35-29(19-13-14-33-24(15-19)18-9-10-18)36-27(22)31(25,3)16-20-17-34-37-28(20)30/h6-14,19-21,23-24,32H,5,15-18,22H2,1-4H3;4-12,17-19,21-23,29H,13-16,20H2,1-3H3;5-8,13-15,17-18,25H,4,9-12,16H2,1-3H3/b26-23-;25-21-;/t32-,37-,38-;22-,29-,36-;25-,30-,31-/m111/s1. The number of Topliss-reactive ketones (excluding diaryl/α,β-unsaturated/α-hetero) is 2. The molecule has 9 aliphatic rings. The van der Waals surface area contributed by atoms with Crippen LogP contribution >= 0.6 is 0 Å². The molecule has 0 aliphatic heterocycles. The van der Waals surface area contributed by atoms with E-state index < -0.39 is 16.2 Å². The average Bonchev–Trinajstić information content (AvgIpc) is 1.19. The molecule has 123 heavy (non-hydrogen) atoms. The molecule has 0 spiro atoms. The van der Waals surface area contributed by atoms with Gasteiger partial charge in [-0.15, -0.1) is 0 Å². The largest absolute Gasteiger partial charge is 0.361 e. The highest BCUT2D eigenvalue weighted by molar-refractivity contribution is 6.02. The van der Waals surface area contributed by atoms with Gasteiger partial charge in [0, 0.05) is 191 Å². The van der Waals surface area contributed by atoms with Crippen molar-refractivity contribution in [3.05, 3.63) is 298 Å². The second-order valence-corrected chi connectivity index (χ2v) is 37.4. The molecule has 0 radical (unpaired) electrons. The van der Waals surface area contributed by atoms with E-state index in [0.29, 0.717) is 94.9 Å². The molecule has 5 fully saturated rings. The molecular formula is C105H105F3N12O3. The maximum Gasteiger partial charge on any atom is 0.166 e. The molecule has 0 amide bonds. The number of ketones is 2. The summed E-state index contributed by atoms with van der Waals surface area (Å²) in [5.74, 6) is 4.37. The molecule has 0 N–H and O–H groups in total. The Morgan fingerprint density at radius 1 is 0.439 bits per heavy atom. The van der Waals surface area contributed by atoms with Crippen LogP contribution in [0.15, 0.2) is 223 Å². The molecule has 12 aromatic rings. The number of hydrogen-bond acceptors (Lipinski definition) is 15. The second kappa shape index (κ2) is 31.8. The van der Waals surface area contributed by atoms with Crippen molar-refractivity contribution in [1.29, 1.82) is 0 Å². The van der Waals surface area contributed by atoms with Gasteiger partial charge in [-0.1, -0.05) is 133 Å². The Labute approximate surface area is 718 Å². The van der Waals surface area contributed by atoms with Crippen LogP contribution in [0.2, 0.25) is 0 Å². The molecule has 7 heterocycles. The first-order chi connectivity index (χ1) is 59.5. The van der Waals surface area contributed by atoms with Gasteiger partial charge in [0.05, 0.1) is 40.4 Å². The van der Waals surface area contributed by atoms with Crippen LogP contribution < -0.4 is 9.80 Å². The minimum atomic E-state index is -0.548. The van der Waals surface area contributed by atoms with Crippen LogP contribution in [0.5, 0.6) is 0 Å². The quantitative estimate of drug-likeness (QED) is 0.0883. The summed E-state index contributed by atoms with van der Waals surface area (Å²) in [5, 5.41) is 4.20. The summed E-state index contributed by atoms with van der Waals surface area (Å²) >= 11 is 0. The molecule has 9 atom stereocenters. The van der Waals surface area contributed by atoms with Crippen LogP contribution in [0, 0.1) is 46.5 Å². The molecule has 18 heteroatoms. The maximum absolute atomic E-state index is 15.5. The van der Waals surface area contributed by atoms with Crippen molar-refractivity contribution < 1.29 is 27.3 Å². The van der Waals surface area contributed by atoms with E-state index in [-0.39, 0.29) is 57.6 Å². The number of allylic oxidation sites excluding steroid dienone is 2. The number of carbonyl (C=O) groups excluding carboxylic acids is 2. The summed E-state index contributed by atoms with van der Waals surface area (Å²) in [7, 11) is 3.99. The van der Waals surface area contributed by atoms with E-state index in [9.17, 15) is 9.59 Å². The minimum absolute atomic E-state index is 0.0925. The van der Waals surface area contributed by atoms with Crippen molar-refractivity contribution in [2.45, 2.75) is 204 Å². The summed E-state index contributed by atoms with van der Waals surface area (Å²) in [5.41, 5.74) is 18.6. The van der Waals surface area contributed by atoms with Gasteiger partial charge in [-0.25, -0.2) is 43.1 Å². The number of aromatic nitrogens is 10. The lowest BCUT2D eigenvalue weighted by molar-refractivity contribution is -0.133. The van der Waals surface area contributed by atoms with Crippen LogP contribution in [-0.4, -0.2) is 75.7 Å². The fourth-order valence-corrected chi connectivity index (χ4v) is 22.3. The molecule has 7 aromatic heterocycles. The first-order valence-electron chi connectivity index (χ1n) is 44.4. The number of anilines is 2. The highest BCUT2D eigenvalue weighted by Gasteiger charge is 2.60. The van der Waals surface area contributed by atoms with Gasteiger partial charge in [-0.3, -0.25) is 24.5 Å². The Morgan fingerprint density at radius 3 is 1.23 bits per heavy atom. The smallest absolute Gasteiger partial charge is 0.166 e. The third-order valence-electron chi connectivity index (χ3n) is 29.6. The van der Waals surface area contributed by atoms with Crippen molar-refractivity contribution in [3.8, 4) is 67.9 Å². The normalized spacial score (nSPS) is 25.3. The van der Waals surface area contributed by atoms with Crippen molar-refractivity contribution in [3.63, 3.8) is 0 Å². The lowest BCUT2D eigenvalue weighted by atomic mass is 9.48. The summed E-state index contributed by atoms with van der Waals surface area (Å²) in [6, 6.07) is 53.2. The highest BCUT2D eigenvalue weighted by atomic mass is 19.1. The number of carbonyl (C=O) groups is 2. The molecule has 0 unspecified atom stereocenters. The number of rotatable bonds is 15. The Balaban J connectivity index is 0.000000122. The van der Waals surface area contributed by atoms with E-state index in [1.807, 2.05) is 164 Å². The topological polar surface area (TPSA) is 183 Å². The molecule has 0 saturated heterocycles. The van der Waals surface area contributed by atoms with Gasteiger partial charge in [0.2, 0.25) is 0 Å². The van der Waals surface area contributed by atoms with Gasteiger partial charge < -0.3 is 14.3 Å². The molecule has 15 nitrogen and oxygen atoms in total. The Hall–Kier alpha value is -11.8. The highest BCUT2D eigenvalue weighted by Crippen LogP contribution is 2.62. The number of nitrogens with zero attached hydrogens (tertiary/aromatic N) is 12. The Kier molecular flexibility index (Phi) is 20.9. The van der Waals surface area contributed by atoms with E-state index in [1.54, 1.807) is 18.2 Å². The van der Waals surface area contributed by atoms with Crippen LogP contribution in [-0.2, 0) is 56.9 Å². The fraction of sp³-hybridized carbons (Fsp3) is 0.371. The molecule has 21 rings (SSSR count). The molecule has 5 saturated carbocycles. The summed E-state index contributed by atoms with van der Waals surface area (Å²) in [4.78, 5) is 77.1. The van der Waals surface area contributed by atoms with E-state index in [2.05, 4.69) is 106 Å². The number of para-hydroxylation sites is 2. The zero-order valence-electron chi connectivity index (χ0n) is 71.9. The molecule has 624 valence electrons. The van der Waals surface area contributed by atoms with Crippen LogP contribution in [0.4, 0.5) is 24.5 Å². The monoisotopic (exact) mass is 1640 g/mol. The van der Waals surface area contributed by atoms with E-state index >= 15 is 13.2 Å². The van der Waals surface area contributed by atoms with Crippen molar-refractivity contribution in [2.75, 3.05) is 23.9 Å². The van der Waals surface area contributed by atoms with Gasteiger partial charge in [-0.05, 0) is 224 Å². The Morgan fingerprint density at radius 2 is 0.813 bits per heavy atom. The van der Waals surface area contributed by atoms with Crippen molar-refractivity contribution >= 4 is 22.9 Å². The molecule has 5 aromatic carbocycles. The molecule has 0 bridgehead atoms. The lowest BCUT2D eigenvalue weighted by Gasteiger charge is -2.54. The first kappa shape index (κ1) is 80.9. The zero-order valence-corrected chi connectivity index (χ0v) is 71.9. The van der Waals surface area contributed by atoms with E-state index in [4.69, 9.17) is 34.4 Å². The number of fused-ring (bicyclic) bond motifs is 10. The summed E-state index contributed by atoms with van der Waals surface area (Å²) < 4.78 is 51.9. The predicted molar refractivity (Wildman–Crippen MR) is 476 cm³/mol. The third-order valence-corrected chi connectivity index (χ3v) is 29.6. The van der Waals surface area contributed by atoms with E-state index in [0.717, 1.165) is 178 Å². The van der Waals surface area contributed by atoms with Gasteiger partial charge in [0.1, 0.15) is 23.2 Å². The summed E-state index contributed by atoms with van der Waals surface area (Å²) in [6.45, 7) is 17.7. The predicted octanol–water partition coefficient (Wildman–Crippen LogP) is 23.1. The van der Waals surface area contributed by atoms with Crippen LogP contribution in [0.1, 0.15) is 219 Å². The number of benzene rings is 5. The lowest BCUT2D eigenvalue weighted by Crippen LogP contribution is -2.55. The first-order valence-corrected chi connectivity index (χ1v) is 44.4. The summed E-state index contributed by atoms with van der Waals surface area (Å²) in [6.07, 6.45) is 26.9. The molecular weight excluding hydrogens is 1530 g/mol. The van der Waals surface area contributed by atoms with Crippen molar-refractivity contribution in [1.82, 2.24) is 50.0 Å². The number of pyridine rings is 3. The van der Waals surface area contributed by atoms with Crippen LogP contribution in [0.3, 0.4) is 0 Å². The average molecular weight is 1640 g/mol. The van der Waals surface area contributed by atoms with Gasteiger partial charge >= 0.3 is 0 Å². The Bertz CT molecular complexity index is 6200. The fourth-order valence-electron chi connectivity index (χ4n) is 22.3. The second-order valence-electron chi connectivity index (χ2n) is 37.4. The number of hydrogen-bond donors (Lipinski definition) is 0. The number of halogens is 3. The van der Waals surface area contributed by atoms with Gasteiger partial charge in [0.25, 0.3) is 0 Å². The van der Waals surface area contributed by atoms with E-state index in [1.165, 1.54) is 31.0 Å². The van der Waals surface area contributed by atoms with Crippen LogP contribution in [0.25, 0.3) is 67.9 Å².